The number of aromatic nitrogens is 2. The first-order chi connectivity index (χ1) is 13.2. The maximum atomic E-state index is 11.8. The third kappa shape index (κ3) is 5.58. The highest BCUT2D eigenvalue weighted by atomic mass is 35.5. The average molecular weight is 384 g/mol. The van der Waals surface area contributed by atoms with Crippen molar-refractivity contribution in [2.24, 2.45) is 0 Å². The molecule has 3 aromatic rings. The SMILES string of the molecule is O=C(NCCOc1ccccc1-c1ccccc1)NNc1ccc(Cl)nn1. The van der Waals surface area contributed by atoms with Gasteiger partial charge in [-0.3, -0.25) is 10.9 Å². The molecular weight excluding hydrogens is 366 g/mol. The summed E-state index contributed by atoms with van der Waals surface area (Å²) in [6.45, 7) is 0.668. The Bertz CT molecular complexity index is 875. The summed E-state index contributed by atoms with van der Waals surface area (Å²) in [6, 6.07) is 20.5. The first-order valence-corrected chi connectivity index (χ1v) is 8.66. The fraction of sp³-hybridized carbons (Fsp3) is 0.105. The number of halogens is 1. The van der Waals surface area contributed by atoms with Gasteiger partial charge in [-0.2, -0.15) is 0 Å². The molecule has 0 spiro atoms. The molecule has 0 bridgehead atoms. The van der Waals surface area contributed by atoms with Crippen molar-refractivity contribution in [2.45, 2.75) is 0 Å². The number of rotatable bonds is 7. The molecule has 1 heterocycles. The van der Waals surface area contributed by atoms with E-state index in [4.69, 9.17) is 16.3 Å². The van der Waals surface area contributed by atoms with Gasteiger partial charge < -0.3 is 10.1 Å². The predicted molar refractivity (Wildman–Crippen MR) is 105 cm³/mol. The lowest BCUT2D eigenvalue weighted by Gasteiger charge is -2.13. The zero-order valence-electron chi connectivity index (χ0n) is 14.4. The number of urea groups is 1. The van der Waals surface area contributed by atoms with E-state index in [1.165, 1.54) is 0 Å². The summed E-state index contributed by atoms with van der Waals surface area (Å²) in [6.07, 6.45) is 0. The predicted octanol–water partition coefficient (Wildman–Crippen LogP) is 3.50. The van der Waals surface area contributed by atoms with Gasteiger partial charge in [-0.1, -0.05) is 60.1 Å². The van der Waals surface area contributed by atoms with Crippen LogP contribution in [0.1, 0.15) is 0 Å². The van der Waals surface area contributed by atoms with E-state index in [0.29, 0.717) is 19.0 Å². The number of hydrazine groups is 1. The highest BCUT2D eigenvalue weighted by molar-refractivity contribution is 6.29. The fourth-order valence-corrected chi connectivity index (χ4v) is 2.42. The van der Waals surface area contributed by atoms with E-state index in [-0.39, 0.29) is 5.15 Å². The number of nitrogens with one attached hydrogen (secondary N) is 3. The first-order valence-electron chi connectivity index (χ1n) is 8.29. The molecule has 3 N–H and O–H groups in total. The van der Waals surface area contributed by atoms with Gasteiger partial charge in [0.25, 0.3) is 0 Å². The Hall–Kier alpha value is -3.32. The molecular formula is C19H18ClN5O2. The highest BCUT2D eigenvalue weighted by Crippen LogP contribution is 2.29. The minimum atomic E-state index is -0.410. The van der Waals surface area contributed by atoms with Crippen molar-refractivity contribution in [3.63, 3.8) is 0 Å². The van der Waals surface area contributed by atoms with Gasteiger partial charge in [0.15, 0.2) is 11.0 Å². The number of ether oxygens (including phenoxy) is 1. The molecule has 0 aliphatic carbocycles. The third-order valence-corrected chi connectivity index (χ3v) is 3.75. The third-order valence-electron chi connectivity index (χ3n) is 3.55. The normalized spacial score (nSPS) is 10.1. The van der Waals surface area contributed by atoms with Crippen LogP contribution in [-0.4, -0.2) is 29.4 Å². The number of benzene rings is 2. The summed E-state index contributed by atoms with van der Waals surface area (Å²) in [7, 11) is 0. The van der Waals surface area contributed by atoms with Crippen molar-refractivity contribution < 1.29 is 9.53 Å². The van der Waals surface area contributed by atoms with E-state index in [9.17, 15) is 4.79 Å². The Labute approximate surface area is 161 Å². The Balaban J connectivity index is 1.44. The number of carbonyl (C=O) groups excluding carboxylic acids is 1. The van der Waals surface area contributed by atoms with Crippen LogP contribution in [0, 0.1) is 0 Å². The topological polar surface area (TPSA) is 88.2 Å². The largest absolute Gasteiger partial charge is 0.491 e. The maximum Gasteiger partial charge on any atom is 0.333 e. The second-order valence-electron chi connectivity index (χ2n) is 5.46. The number of anilines is 1. The van der Waals surface area contributed by atoms with Crippen LogP contribution in [0.4, 0.5) is 10.6 Å². The second-order valence-corrected chi connectivity index (χ2v) is 5.85. The van der Waals surface area contributed by atoms with Gasteiger partial charge in [0.2, 0.25) is 0 Å². The molecule has 1 aromatic heterocycles. The lowest BCUT2D eigenvalue weighted by molar-refractivity contribution is 0.238. The van der Waals surface area contributed by atoms with Crippen LogP contribution in [0.25, 0.3) is 11.1 Å². The van der Waals surface area contributed by atoms with E-state index in [1.807, 2.05) is 54.6 Å². The van der Waals surface area contributed by atoms with Gasteiger partial charge >= 0.3 is 6.03 Å². The van der Waals surface area contributed by atoms with Crippen molar-refractivity contribution >= 4 is 23.4 Å². The molecule has 0 saturated carbocycles. The Kier molecular flexibility index (Phi) is 6.43. The van der Waals surface area contributed by atoms with Crippen molar-refractivity contribution in [2.75, 3.05) is 18.6 Å². The molecule has 0 aliphatic rings. The minimum Gasteiger partial charge on any atom is -0.491 e. The number of hydrogen-bond donors (Lipinski definition) is 3. The molecule has 2 aromatic carbocycles. The Morgan fingerprint density at radius 1 is 0.963 bits per heavy atom. The van der Waals surface area contributed by atoms with E-state index in [2.05, 4.69) is 26.4 Å². The van der Waals surface area contributed by atoms with Gasteiger partial charge in [0, 0.05) is 5.56 Å². The summed E-state index contributed by atoms with van der Waals surface area (Å²) in [4.78, 5) is 11.8. The van der Waals surface area contributed by atoms with Crippen LogP contribution in [0.5, 0.6) is 5.75 Å². The van der Waals surface area contributed by atoms with Crippen LogP contribution >= 0.6 is 11.6 Å². The van der Waals surface area contributed by atoms with Crippen molar-refractivity contribution in [3.8, 4) is 16.9 Å². The maximum absolute atomic E-state index is 11.8. The fourth-order valence-electron chi connectivity index (χ4n) is 2.32. The molecule has 0 unspecified atom stereocenters. The van der Waals surface area contributed by atoms with Crippen molar-refractivity contribution in [1.82, 2.24) is 20.9 Å². The number of hydrogen-bond acceptors (Lipinski definition) is 5. The molecule has 8 heteroatoms. The monoisotopic (exact) mass is 383 g/mol. The molecule has 0 aliphatic heterocycles. The van der Waals surface area contributed by atoms with Gasteiger partial charge in [-0.25, -0.2) is 4.79 Å². The lowest BCUT2D eigenvalue weighted by atomic mass is 10.1. The molecule has 27 heavy (non-hydrogen) atoms. The van der Waals surface area contributed by atoms with Gasteiger partial charge in [-0.05, 0) is 23.8 Å². The molecule has 138 valence electrons. The van der Waals surface area contributed by atoms with Crippen molar-refractivity contribution in [1.29, 1.82) is 0 Å². The first kappa shape index (κ1) is 18.5. The quantitative estimate of drug-likeness (QED) is 0.429. The number of amides is 2. The van der Waals surface area contributed by atoms with Crippen LogP contribution in [0.3, 0.4) is 0 Å². The van der Waals surface area contributed by atoms with Crippen LogP contribution < -0.4 is 20.9 Å². The van der Waals surface area contributed by atoms with Crippen molar-refractivity contribution in [3.05, 3.63) is 71.9 Å². The standard InChI is InChI=1S/C19H18ClN5O2/c20-17-10-11-18(23-22-17)24-25-19(26)21-12-13-27-16-9-5-4-8-15(16)14-6-2-1-3-7-14/h1-11H,12-13H2,(H,23,24)(H2,21,25,26). The molecule has 7 nitrogen and oxygen atoms in total. The number of para-hydroxylation sites is 1. The molecule has 3 rings (SSSR count). The summed E-state index contributed by atoms with van der Waals surface area (Å²) < 4.78 is 5.82. The Morgan fingerprint density at radius 3 is 2.52 bits per heavy atom. The number of carbonyl (C=O) groups is 1. The average Bonchev–Trinajstić information content (AvgIpc) is 2.72. The van der Waals surface area contributed by atoms with Gasteiger partial charge in [0.1, 0.15) is 12.4 Å². The zero-order chi connectivity index (χ0) is 18.9. The van der Waals surface area contributed by atoms with Crippen LogP contribution in [0.15, 0.2) is 66.7 Å². The van der Waals surface area contributed by atoms with Gasteiger partial charge in [0.05, 0.1) is 6.54 Å². The summed E-state index contributed by atoms with van der Waals surface area (Å²) in [5.74, 6) is 1.14. The summed E-state index contributed by atoms with van der Waals surface area (Å²) >= 11 is 5.64. The minimum absolute atomic E-state index is 0.276. The lowest BCUT2D eigenvalue weighted by Crippen LogP contribution is -2.40. The van der Waals surface area contributed by atoms with Gasteiger partial charge in [-0.15, -0.1) is 10.2 Å². The van der Waals surface area contributed by atoms with E-state index >= 15 is 0 Å². The van der Waals surface area contributed by atoms with E-state index in [0.717, 1.165) is 16.9 Å². The molecule has 0 saturated heterocycles. The van der Waals surface area contributed by atoms with E-state index in [1.54, 1.807) is 12.1 Å². The van der Waals surface area contributed by atoms with E-state index < -0.39 is 6.03 Å². The molecule has 0 radical (unpaired) electrons. The zero-order valence-corrected chi connectivity index (χ0v) is 15.1. The smallest absolute Gasteiger partial charge is 0.333 e. The highest BCUT2D eigenvalue weighted by Gasteiger charge is 2.06. The van der Waals surface area contributed by atoms with Crippen LogP contribution in [0.2, 0.25) is 5.15 Å². The second kappa shape index (κ2) is 9.40. The summed E-state index contributed by atoms with van der Waals surface area (Å²) in [5.41, 5.74) is 7.16. The molecule has 0 atom stereocenters. The Morgan fingerprint density at radius 2 is 1.74 bits per heavy atom. The summed E-state index contributed by atoms with van der Waals surface area (Å²) in [5, 5.41) is 10.4. The van der Waals surface area contributed by atoms with Crippen LogP contribution in [-0.2, 0) is 0 Å². The number of nitrogens with zero attached hydrogens (tertiary/aromatic N) is 2. The molecule has 2 amide bonds. The molecule has 0 fully saturated rings.